The normalized spacial score (nSPS) is 11.3. The van der Waals surface area contributed by atoms with E-state index in [1.165, 1.54) is 6.07 Å². The van der Waals surface area contributed by atoms with Gasteiger partial charge in [-0.25, -0.2) is 0 Å². The van der Waals surface area contributed by atoms with E-state index in [-0.39, 0.29) is 5.56 Å². The lowest BCUT2D eigenvalue weighted by Crippen LogP contribution is -2.30. The summed E-state index contributed by atoms with van der Waals surface area (Å²) in [4.78, 5) is 14.2. The van der Waals surface area contributed by atoms with Gasteiger partial charge in [0.05, 0.1) is 0 Å². The molecule has 0 unspecified atom stereocenters. The van der Waals surface area contributed by atoms with E-state index in [2.05, 4.69) is 4.98 Å². The van der Waals surface area contributed by atoms with Crippen molar-refractivity contribution >= 4 is 0 Å². The summed E-state index contributed by atoms with van der Waals surface area (Å²) in [7, 11) is 0. The van der Waals surface area contributed by atoms with E-state index in [0.717, 1.165) is 11.1 Å². The summed E-state index contributed by atoms with van der Waals surface area (Å²) in [5.41, 5.74) is 0.404. The Balaban J connectivity index is 2.28. The van der Waals surface area contributed by atoms with Crippen LogP contribution < -0.4 is 5.56 Å². The van der Waals surface area contributed by atoms with Crippen LogP contribution in [0.2, 0.25) is 0 Å². The zero-order valence-electron chi connectivity index (χ0n) is 11.4. The fourth-order valence-corrected chi connectivity index (χ4v) is 2.53. The van der Waals surface area contributed by atoms with Crippen LogP contribution in [-0.2, 0) is 5.60 Å². The molecule has 0 amide bonds. The predicted molar refractivity (Wildman–Crippen MR) is 82.0 cm³/mol. The van der Waals surface area contributed by atoms with Crippen LogP contribution in [0.4, 0.5) is 0 Å². The maximum atomic E-state index is 11.6. The number of hydrogen-bond acceptors (Lipinski definition) is 2. The van der Waals surface area contributed by atoms with E-state index in [1.807, 2.05) is 60.7 Å². The van der Waals surface area contributed by atoms with Gasteiger partial charge in [0.2, 0.25) is 5.56 Å². The van der Waals surface area contributed by atoms with Crippen molar-refractivity contribution in [2.24, 2.45) is 0 Å². The van der Waals surface area contributed by atoms with E-state index in [1.54, 1.807) is 12.3 Å². The van der Waals surface area contributed by atoms with Crippen molar-refractivity contribution in [1.29, 1.82) is 0 Å². The highest BCUT2D eigenvalue weighted by Gasteiger charge is 2.33. The molecule has 104 valence electrons. The number of benzene rings is 2. The highest BCUT2D eigenvalue weighted by Crippen LogP contribution is 2.35. The number of aromatic nitrogens is 1. The molecule has 0 aliphatic heterocycles. The maximum absolute atomic E-state index is 11.6. The number of aliphatic hydroxyl groups is 1. The molecule has 0 aliphatic rings. The molecule has 21 heavy (non-hydrogen) atoms. The first-order chi connectivity index (χ1) is 10.2. The second kappa shape index (κ2) is 5.38. The summed E-state index contributed by atoms with van der Waals surface area (Å²) in [6.07, 6.45) is 1.55. The standard InChI is InChI=1S/C18H15NO2/c20-17-13-16(11-12-19-17)18(21,14-7-3-1-4-8-14)15-9-5-2-6-10-15/h1-13,21H,(H,19,20). The van der Waals surface area contributed by atoms with Crippen molar-refractivity contribution in [2.45, 2.75) is 5.60 Å². The third-order valence-corrected chi connectivity index (χ3v) is 3.58. The Kier molecular flexibility index (Phi) is 3.42. The Bertz CT molecular complexity index is 739. The zero-order chi connectivity index (χ0) is 14.7. The van der Waals surface area contributed by atoms with Gasteiger partial charge in [0.25, 0.3) is 0 Å². The first kappa shape index (κ1) is 13.3. The van der Waals surface area contributed by atoms with Crippen LogP contribution in [0.15, 0.2) is 83.8 Å². The zero-order valence-corrected chi connectivity index (χ0v) is 11.4. The van der Waals surface area contributed by atoms with Crippen molar-refractivity contribution < 1.29 is 5.11 Å². The first-order valence-electron chi connectivity index (χ1n) is 6.74. The molecule has 1 aromatic heterocycles. The second-order valence-electron chi connectivity index (χ2n) is 4.88. The molecular weight excluding hydrogens is 262 g/mol. The molecule has 0 radical (unpaired) electrons. The van der Waals surface area contributed by atoms with E-state index < -0.39 is 5.60 Å². The molecule has 0 bridgehead atoms. The number of rotatable bonds is 3. The van der Waals surface area contributed by atoms with Gasteiger partial charge in [-0.1, -0.05) is 60.7 Å². The van der Waals surface area contributed by atoms with Gasteiger partial charge in [0.15, 0.2) is 0 Å². The summed E-state index contributed by atoms with van der Waals surface area (Å²) < 4.78 is 0. The van der Waals surface area contributed by atoms with Gasteiger partial charge in [0, 0.05) is 12.3 Å². The Hall–Kier alpha value is -2.65. The number of hydrogen-bond donors (Lipinski definition) is 2. The van der Waals surface area contributed by atoms with Gasteiger partial charge in [-0.2, -0.15) is 0 Å². The molecule has 0 fully saturated rings. The molecule has 0 saturated carbocycles. The van der Waals surface area contributed by atoms with Crippen LogP contribution in [-0.4, -0.2) is 10.1 Å². The predicted octanol–water partition coefficient (Wildman–Crippen LogP) is 2.66. The SMILES string of the molecule is O=c1cc(C(O)(c2ccccc2)c2ccccc2)cc[nH]1. The van der Waals surface area contributed by atoms with Gasteiger partial charge in [-0.3, -0.25) is 4.79 Å². The molecule has 3 aromatic rings. The summed E-state index contributed by atoms with van der Waals surface area (Å²) in [5, 5.41) is 11.4. The van der Waals surface area contributed by atoms with Crippen molar-refractivity contribution in [3.8, 4) is 0 Å². The van der Waals surface area contributed by atoms with Crippen LogP contribution in [0.3, 0.4) is 0 Å². The minimum atomic E-state index is -1.35. The topological polar surface area (TPSA) is 53.1 Å². The quantitative estimate of drug-likeness (QED) is 0.773. The lowest BCUT2D eigenvalue weighted by Gasteiger charge is -2.29. The van der Waals surface area contributed by atoms with E-state index >= 15 is 0 Å². The van der Waals surface area contributed by atoms with Crippen molar-refractivity contribution in [2.75, 3.05) is 0 Å². The largest absolute Gasteiger partial charge is 0.376 e. The second-order valence-corrected chi connectivity index (χ2v) is 4.88. The summed E-state index contributed by atoms with van der Waals surface area (Å²) in [5.74, 6) is 0. The van der Waals surface area contributed by atoms with Crippen molar-refractivity contribution in [3.05, 3.63) is 106 Å². The molecule has 0 atom stereocenters. The molecule has 0 aliphatic carbocycles. The molecular formula is C18H15NO2. The van der Waals surface area contributed by atoms with E-state index in [9.17, 15) is 9.90 Å². The average molecular weight is 277 g/mol. The average Bonchev–Trinajstić information content (AvgIpc) is 2.56. The fourth-order valence-electron chi connectivity index (χ4n) is 2.53. The van der Waals surface area contributed by atoms with E-state index in [0.29, 0.717) is 5.56 Å². The Morgan fingerprint density at radius 1 is 0.762 bits per heavy atom. The Morgan fingerprint density at radius 2 is 1.29 bits per heavy atom. The third kappa shape index (κ3) is 2.39. The van der Waals surface area contributed by atoms with E-state index in [4.69, 9.17) is 0 Å². The lowest BCUT2D eigenvalue weighted by molar-refractivity contribution is 0.125. The Labute approximate surface area is 122 Å². The molecule has 3 heteroatoms. The van der Waals surface area contributed by atoms with Gasteiger partial charge in [0.1, 0.15) is 5.60 Å². The number of nitrogens with one attached hydrogen (secondary N) is 1. The first-order valence-corrected chi connectivity index (χ1v) is 6.74. The van der Waals surface area contributed by atoms with Crippen LogP contribution in [0.1, 0.15) is 16.7 Å². The number of pyridine rings is 1. The maximum Gasteiger partial charge on any atom is 0.248 e. The van der Waals surface area contributed by atoms with Crippen molar-refractivity contribution in [3.63, 3.8) is 0 Å². The third-order valence-electron chi connectivity index (χ3n) is 3.58. The Morgan fingerprint density at radius 3 is 1.76 bits per heavy atom. The summed E-state index contributed by atoms with van der Waals surface area (Å²) in [6.45, 7) is 0. The van der Waals surface area contributed by atoms with Crippen LogP contribution >= 0.6 is 0 Å². The smallest absolute Gasteiger partial charge is 0.248 e. The fraction of sp³-hybridized carbons (Fsp3) is 0.0556. The molecule has 1 heterocycles. The van der Waals surface area contributed by atoms with Gasteiger partial charge in [-0.15, -0.1) is 0 Å². The van der Waals surface area contributed by atoms with Crippen LogP contribution in [0.5, 0.6) is 0 Å². The molecule has 2 aromatic carbocycles. The van der Waals surface area contributed by atoms with Gasteiger partial charge in [-0.05, 0) is 22.8 Å². The molecule has 3 rings (SSSR count). The molecule has 3 nitrogen and oxygen atoms in total. The van der Waals surface area contributed by atoms with Gasteiger partial charge < -0.3 is 10.1 Å². The highest BCUT2D eigenvalue weighted by atomic mass is 16.3. The highest BCUT2D eigenvalue weighted by molar-refractivity contribution is 5.46. The minimum absolute atomic E-state index is 0.238. The minimum Gasteiger partial charge on any atom is -0.376 e. The molecule has 0 spiro atoms. The molecule has 0 saturated heterocycles. The van der Waals surface area contributed by atoms with Crippen molar-refractivity contribution in [1.82, 2.24) is 4.98 Å². The van der Waals surface area contributed by atoms with Crippen LogP contribution in [0.25, 0.3) is 0 Å². The number of aromatic amines is 1. The summed E-state index contributed by atoms with van der Waals surface area (Å²) in [6, 6.07) is 21.9. The summed E-state index contributed by atoms with van der Waals surface area (Å²) >= 11 is 0. The monoisotopic (exact) mass is 277 g/mol. The lowest BCUT2D eigenvalue weighted by atomic mass is 9.81. The van der Waals surface area contributed by atoms with Gasteiger partial charge >= 0.3 is 0 Å². The number of H-pyrrole nitrogens is 1. The van der Waals surface area contributed by atoms with Crippen LogP contribution in [0, 0.1) is 0 Å². The molecule has 2 N–H and O–H groups in total.